The fourth-order valence-electron chi connectivity index (χ4n) is 4.05. The molecule has 2 N–H and O–H groups in total. The summed E-state index contributed by atoms with van der Waals surface area (Å²) in [5.74, 6) is 0.579. The lowest BCUT2D eigenvalue weighted by Gasteiger charge is -2.19. The van der Waals surface area contributed by atoms with Crippen molar-refractivity contribution in [2.75, 3.05) is 6.54 Å². The summed E-state index contributed by atoms with van der Waals surface area (Å²) < 4.78 is 1.72. The molecule has 2 aliphatic carbocycles. The van der Waals surface area contributed by atoms with Gasteiger partial charge in [0.05, 0.1) is 29.3 Å². The number of carbonyl (C=O) groups is 1. The van der Waals surface area contributed by atoms with E-state index in [-0.39, 0.29) is 18.4 Å². The highest BCUT2D eigenvalue weighted by Gasteiger charge is 2.34. The fourth-order valence-corrected chi connectivity index (χ4v) is 4.05. The smallest absolute Gasteiger partial charge is 0.254 e. The number of benzene rings is 1. The molecule has 1 amide bonds. The molecule has 154 valence electrons. The van der Waals surface area contributed by atoms with E-state index in [1.807, 2.05) is 19.2 Å². The maximum atomic E-state index is 12.7. The highest BCUT2D eigenvalue weighted by molar-refractivity contribution is 5.95. The average molecular weight is 403 g/mol. The van der Waals surface area contributed by atoms with Crippen LogP contribution in [-0.4, -0.2) is 43.4 Å². The summed E-state index contributed by atoms with van der Waals surface area (Å²) in [4.78, 5) is 22.2. The van der Waals surface area contributed by atoms with E-state index in [0.29, 0.717) is 17.9 Å². The first-order valence-electron chi connectivity index (χ1n) is 10.6. The molecule has 0 saturated heterocycles. The minimum Gasteiger partial charge on any atom is -0.391 e. The van der Waals surface area contributed by atoms with Crippen molar-refractivity contribution in [2.24, 2.45) is 0 Å². The molecule has 2 heterocycles. The number of aromatic nitrogens is 4. The van der Waals surface area contributed by atoms with E-state index in [2.05, 4.69) is 33.6 Å². The average Bonchev–Trinajstić information content (AvgIpc) is 3.54. The highest BCUT2D eigenvalue weighted by atomic mass is 16.3. The summed E-state index contributed by atoms with van der Waals surface area (Å²) >= 11 is 0. The fraction of sp³-hybridized carbons (Fsp3) is 0.391. The summed E-state index contributed by atoms with van der Waals surface area (Å²) in [6.07, 6.45) is 7.51. The minimum absolute atomic E-state index is 0.209. The number of aliphatic hydroxyl groups excluding tert-OH is 1. The molecule has 3 aromatic rings. The van der Waals surface area contributed by atoms with Crippen molar-refractivity contribution in [3.63, 3.8) is 0 Å². The molecule has 1 atom stereocenters. The van der Waals surface area contributed by atoms with Gasteiger partial charge in [0.15, 0.2) is 0 Å². The van der Waals surface area contributed by atoms with Crippen LogP contribution in [0.2, 0.25) is 0 Å². The van der Waals surface area contributed by atoms with Crippen LogP contribution < -0.4 is 5.32 Å². The predicted molar refractivity (Wildman–Crippen MR) is 113 cm³/mol. The first-order chi connectivity index (χ1) is 14.7. The van der Waals surface area contributed by atoms with Crippen molar-refractivity contribution in [3.05, 3.63) is 59.0 Å². The van der Waals surface area contributed by atoms with Crippen molar-refractivity contribution in [1.29, 1.82) is 0 Å². The van der Waals surface area contributed by atoms with E-state index >= 15 is 0 Å². The van der Waals surface area contributed by atoms with E-state index in [9.17, 15) is 9.90 Å². The molecule has 7 nitrogen and oxygen atoms in total. The zero-order valence-corrected chi connectivity index (χ0v) is 17.0. The molecular weight excluding hydrogens is 378 g/mol. The first kappa shape index (κ1) is 18.9. The molecule has 5 rings (SSSR count). The lowest BCUT2D eigenvalue weighted by molar-refractivity contribution is 0.0913. The maximum Gasteiger partial charge on any atom is 0.254 e. The van der Waals surface area contributed by atoms with Crippen molar-refractivity contribution in [3.8, 4) is 17.2 Å². The third-order valence-electron chi connectivity index (χ3n) is 5.96. The Balaban J connectivity index is 1.51. The van der Waals surface area contributed by atoms with Crippen molar-refractivity contribution in [1.82, 2.24) is 25.1 Å². The number of hydrogen-bond acceptors (Lipinski definition) is 5. The number of aliphatic hydroxyl groups is 1. The predicted octanol–water partition coefficient (Wildman–Crippen LogP) is 2.81. The molecule has 1 saturated carbocycles. The number of rotatable bonds is 6. The van der Waals surface area contributed by atoms with Crippen LogP contribution in [0.4, 0.5) is 0 Å². The molecular formula is C23H25N5O2. The molecule has 0 spiro atoms. The largest absolute Gasteiger partial charge is 0.391 e. The number of hydrogen-bond donors (Lipinski definition) is 2. The van der Waals surface area contributed by atoms with Gasteiger partial charge in [0.1, 0.15) is 0 Å². The second kappa shape index (κ2) is 7.65. The molecule has 2 aromatic heterocycles. The van der Waals surface area contributed by atoms with Gasteiger partial charge in [-0.15, -0.1) is 0 Å². The third-order valence-corrected chi connectivity index (χ3v) is 5.96. The van der Waals surface area contributed by atoms with Crippen LogP contribution in [0, 0.1) is 0 Å². The summed E-state index contributed by atoms with van der Waals surface area (Å²) in [6, 6.07) is 8.35. The van der Waals surface area contributed by atoms with E-state index in [1.165, 1.54) is 5.56 Å². The van der Waals surface area contributed by atoms with Crippen LogP contribution >= 0.6 is 0 Å². The number of amides is 1. The first-order valence-corrected chi connectivity index (χ1v) is 10.6. The molecule has 0 aliphatic heterocycles. The van der Waals surface area contributed by atoms with Crippen LogP contribution in [0.1, 0.15) is 59.3 Å². The topological polar surface area (TPSA) is 92.9 Å². The second-order valence-corrected chi connectivity index (χ2v) is 8.10. The zero-order valence-electron chi connectivity index (χ0n) is 17.0. The molecule has 0 unspecified atom stereocenters. The van der Waals surface area contributed by atoms with Crippen molar-refractivity contribution in [2.45, 2.75) is 51.0 Å². The zero-order chi connectivity index (χ0) is 20.7. The third kappa shape index (κ3) is 3.39. The van der Waals surface area contributed by atoms with Gasteiger partial charge in [-0.2, -0.15) is 5.10 Å². The summed E-state index contributed by atoms with van der Waals surface area (Å²) in [7, 11) is 0. The Labute approximate surface area is 175 Å². The summed E-state index contributed by atoms with van der Waals surface area (Å²) in [5, 5.41) is 17.1. The van der Waals surface area contributed by atoms with Gasteiger partial charge in [-0.05, 0) is 43.2 Å². The Morgan fingerprint density at radius 1 is 1.23 bits per heavy atom. The SMILES string of the molecule is CC[C@H](O)CNC(=O)c1cnn(-c2ncc3c(n2)-c2ccccc2CC3)c1C1CC1. The van der Waals surface area contributed by atoms with Crippen LogP contribution in [0.15, 0.2) is 36.7 Å². The molecule has 1 aromatic carbocycles. The van der Waals surface area contributed by atoms with Crippen LogP contribution in [0.3, 0.4) is 0 Å². The van der Waals surface area contributed by atoms with Crippen LogP contribution in [0.25, 0.3) is 17.2 Å². The monoisotopic (exact) mass is 403 g/mol. The van der Waals surface area contributed by atoms with Gasteiger partial charge in [0.25, 0.3) is 11.9 Å². The van der Waals surface area contributed by atoms with Crippen LogP contribution in [0.5, 0.6) is 0 Å². The Bertz CT molecular complexity index is 1100. The molecule has 0 bridgehead atoms. The number of carbonyl (C=O) groups excluding carboxylic acids is 1. The normalized spacial score (nSPS) is 15.9. The van der Waals surface area contributed by atoms with Crippen LogP contribution in [-0.2, 0) is 12.8 Å². The maximum absolute atomic E-state index is 12.7. The quantitative estimate of drug-likeness (QED) is 0.660. The van der Waals surface area contributed by atoms with Gasteiger partial charge < -0.3 is 10.4 Å². The number of fused-ring (bicyclic) bond motifs is 3. The van der Waals surface area contributed by atoms with Gasteiger partial charge >= 0.3 is 0 Å². The number of nitrogens with zero attached hydrogens (tertiary/aromatic N) is 4. The molecule has 0 radical (unpaired) electrons. The summed E-state index contributed by atoms with van der Waals surface area (Å²) in [6.45, 7) is 2.12. The number of aryl methyl sites for hydroxylation is 2. The number of nitrogens with one attached hydrogen (secondary N) is 1. The minimum atomic E-state index is -0.544. The van der Waals surface area contributed by atoms with E-state index in [0.717, 1.165) is 48.2 Å². The van der Waals surface area contributed by atoms with Crippen molar-refractivity contribution < 1.29 is 9.90 Å². The summed E-state index contributed by atoms with van der Waals surface area (Å²) in [5.41, 5.74) is 5.95. The highest BCUT2D eigenvalue weighted by Crippen LogP contribution is 2.42. The molecule has 1 fully saturated rings. The van der Waals surface area contributed by atoms with Gasteiger partial charge in [0, 0.05) is 24.2 Å². The van der Waals surface area contributed by atoms with Crippen molar-refractivity contribution >= 4 is 5.91 Å². The van der Waals surface area contributed by atoms with E-state index < -0.39 is 6.10 Å². The van der Waals surface area contributed by atoms with Gasteiger partial charge in [0.2, 0.25) is 0 Å². The standard InChI is InChI=1S/C23H25N5O2/c1-2-17(29)12-24-22(30)19-13-26-28(21(19)15-8-9-15)23-25-11-16-10-7-14-5-3-4-6-18(14)20(16)27-23/h3-6,11,13,15,17,29H,2,7-10,12H2,1H3,(H,24,30)/t17-/m0/s1. The molecule has 7 heteroatoms. The Hall–Kier alpha value is -3.06. The van der Waals surface area contributed by atoms with Gasteiger partial charge in [-0.3, -0.25) is 4.79 Å². The van der Waals surface area contributed by atoms with Gasteiger partial charge in [-0.25, -0.2) is 14.6 Å². The second-order valence-electron chi connectivity index (χ2n) is 8.10. The van der Waals surface area contributed by atoms with E-state index in [1.54, 1.807) is 10.9 Å². The lowest BCUT2D eigenvalue weighted by Crippen LogP contribution is -2.32. The molecule has 2 aliphatic rings. The Morgan fingerprint density at radius 2 is 2.03 bits per heavy atom. The Kier molecular flexibility index (Phi) is 4.83. The van der Waals surface area contributed by atoms with E-state index in [4.69, 9.17) is 4.98 Å². The van der Waals surface area contributed by atoms with Gasteiger partial charge in [-0.1, -0.05) is 31.2 Å². The Morgan fingerprint density at radius 3 is 2.83 bits per heavy atom. The molecule has 30 heavy (non-hydrogen) atoms. The lowest BCUT2D eigenvalue weighted by atomic mass is 9.90.